The SMILES string of the molecule is CCOP(=O)(OCC)C(F)(F)[C@H](C)CC(=O)OCc1ccccc1. The molecule has 1 atom stereocenters. The van der Waals surface area contributed by atoms with Crippen LogP contribution in [-0.4, -0.2) is 24.8 Å². The average Bonchev–Trinajstić information content (AvgIpc) is 2.54. The van der Waals surface area contributed by atoms with E-state index in [1.807, 2.05) is 6.07 Å². The first kappa shape index (κ1) is 20.7. The fourth-order valence-electron chi connectivity index (χ4n) is 1.99. The Morgan fingerprint density at radius 3 is 2.21 bits per heavy atom. The molecule has 0 unspecified atom stereocenters. The van der Waals surface area contributed by atoms with Crippen molar-refractivity contribution in [2.45, 2.75) is 39.5 Å². The van der Waals surface area contributed by atoms with Crippen LogP contribution in [0.25, 0.3) is 0 Å². The summed E-state index contributed by atoms with van der Waals surface area (Å²) in [6, 6.07) is 8.88. The van der Waals surface area contributed by atoms with Crippen LogP contribution in [0.3, 0.4) is 0 Å². The number of ether oxygens (including phenoxy) is 1. The van der Waals surface area contributed by atoms with Gasteiger partial charge in [-0.05, 0) is 19.4 Å². The standard InChI is InChI=1S/C16H23F2O5P/c1-4-22-24(20,23-5-2)16(17,18)13(3)11-15(19)21-12-14-9-7-6-8-10-14/h6-10,13H,4-5,11-12H2,1-3H3/t13-/m1/s1. The van der Waals surface area contributed by atoms with Crippen LogP contribution in [0, 0.1) is 5.92 Å². The summed E-state index contributed by atoms with van der Waals surface area (Å²) in [4.78, 5) is 11.8. The summed E-state index contributed by atoms with van der Waals surface area (Å²) >= 11 is 0. The van der Waals surface area contributed by atoms with Gasteiger partial charge >= 0.3 is 19.2 Å². The first-order chi connectivity index (χ1) is 11.3. The highest BCUT2D eigenvalue weighted by Gasteiger charge is 2.57. The maximum atomic E-state index is 14.4. The molecule has 1 aromatic carbocycles. The molecule has 0 fully saturated rings. The number of hydrogen-bond donors (Lipinski definition) is 0. The quantitative estimate of drug-likeness (QED) is 0.448. The van der Waals surface area contributed by atoms with E-state index in [-0.39, 0.29) is 19.8 Å². The van der Waals surface area contributed by atoms with Gasteiger partial charge in [0.25, 0.3) is 0 Å². The highest BCUT2D eigenvalue weighted by Crippen LogP contribution is 2.65. The van der Waals surface area contributed by atoms with Crippen molar-refractivity contribution in [1.29, 1.82) is 0 Å². The average molecular weight is 364 g/mol. The first-order valence-corrected chi connectivity index (χ1v) is 9.27. The number of hydrogen-bond acceptors (Lipinski definition) is 5. The van der Waals surface area contributed by atoms with Gasteiger partial charge in [0, 0.05) is 5.92 Å². The van der Waals surface area contributed by atoms with E-state index >= 15 is 0 Å². The second-order valence-electron chi connectivity index (χ2n) is 5.17. The zero-order valence-electron chi connectivity index (χ0n) is 14.0. The number of carbonyl (C=O) groups excluding carboxylic acids is 1. The van der Waals surface area contributed by atoms with Crippen LogP contribution in [0.4, 0.5) is 8.78 Å². The molecule has 136 valence electrons. The Balaban J connectivity index is 2.67. The highest BCUT2D eigenvalue weighted by molar-refractivity contribution is 7.55. The van der Waals surface area contributed by atoms with Crippen molar-refractivity contribution in [1.82, 2.24) is 0 Å². The van der Waals surface area contributed by atoms with E-state index in [9.17, 15) is 18.1 Å². The number of carbonyl (C=O) groups is 1. The molecule has 0 spiro atoms. The molecule has 0 aliphatic carbocycles. The Labute approximate surface area is 140 Å². The van der Waals surface area contributed by atoms with E-state index in [0.29, 0.717) is 0 Å². The third-order valence-corrected chi connectivity index (χ3v) is 5.64. The molecule has 0 aliphatic heterocycles. The molecule has 0 aromatic heterocycles. The largest absolute Gasteiger partial charge is 0.461 e. The number of esters is 1. The second kappa shape index (κ2) is 9.25. The minimum atomic E-state index is -4.65. The smallest absolute Gasteiger partial charge is 0.399 e. The van der Waals surface area contributed by atoms with Crippen molar-refractivity contribution in [3.8, 4) is 0 Å². The van der Waals surface area contributed by atoms with Crippen LogP contribution in [0.2, 0.25) is 0 Å². The predicted octanol–water partition coefficient (Wildman–Crippen LogP) is 4.61. The van der Waals surface area contributed by atoms with Crippen molar-refractivity contribution in [3.63, 3.8) is 0 Å². The molecule has 0 N–H and O–H groups in total. The molecule has 1 aromatic rings. The Kier molecular flexibility index (Phi) is 8.00. The minimum Gasteiger partial charge on any atom is -0.461 e. The second-order valence-corrected chi connectivity index (χ2v) is 7.28. The van der Waals surface area contributed by atoms with Gasteiger partial charge in [-0.15, -0.1) is 0 Å². The van der Waals surface area contributed by atoms with Gasteiger partial charge in [0.1, 0.15) is 6.61 Å². The summed E-state index contributed by atoms with van der Waals surface area (Å²) < 4.78 is 55.6. The van der Waals surface area contributed by atoms with Crippen molar-refractivity contribution < 1.29 is 31.9 Å². The van der Waals surface area contributed by atoms with Crippen LogP contribution >= 0.6 is 7.60 Å². The van der Waals surface area contributed by atoms with Crippen LogP contribution in [0.5, 0.6) is 0 Å². The molecule has 0 heterocycles. The van der Waals surface area contributed by atoms with Gasteiger partial charge in [0.05, 0.1) is 19.6 Å². The Bertz CT molecular complexity index is 555. The molecule has 0 saturated carbocycles. The molecule has 5 nitrogen and oxygen atoms in total. The van der Waals surface area contributed by atoms with E-state index < -0.39 is 31.6 Å². The lowest BCUT2D eigenvalue weighted by Crippen LogP contribution is -2.30. The Hall–Kier alpha value is -1.30. The van der Waals surface area contributed by atoms with Gasteiger partial charge < -0.3 is 13.8 Å². The Morgan fingerprint density at radius 2 is 1.71 bits per heavy atom. The number of rotatable bonds is 10. The van der Waals surface area contributed by atoms with E-state index in [1.54, 1.807) is 24.3 Å². The lowest BCUT2D eigenvalue weighted by atomic mass is 10.1. The number of halogens is 2. The summed E-state index contributed by atoms with van der Waals surface area (Å²) in [6.45, 7) is 3.64. The third kappa shape index (κ3) is 5.36. The van der Waals surface area contributed by atoms with Gasteiger partial charge in [-0.1, -0.05) is 37.3 Å². The van der Waals surface area contributed by atoms with Crippen LogP contribution in [0.1, 0.15) is 32.8 Å². The monoisotopic (exact) mass is 364 g/mol. The number of alkyl halides is 2. The van der Waals surface area contributed by atoms with Gasteiger partial charge in [0.15, 0.2) is 0 Å². The van der Waals surface area contributed by atoms with E-state index in [0.717, 1.165) is 12.5 Å². The zero-order valence-corrected chi connectivity index (χ0v) is 14.9. The first-order valence-electron chi connectivity index (χ1n) is 7.73. The van der Waals surface area contributed by atoms with Crippen LogP contribution in [0.15, 0.2) is 30.3 Å². The third-order valence-electron chi connectivity index (χ3n) is 3.27. The molecule has 24 heavy (non-hydrogen) atoms. The molecule has 1 rings (SSSR count). The fourth-order valence-corrected chi connectivity index (χ4v) is 3.72. The maximum absolute atomic E-state index is 14.4. The lowest BCUT2D eigenvalue weighted by Gasteiger charge is -2.29. The molecular formula is C16H23F2O5P. The summed E-state index contributed by atoms with van der Waals surface area (Å²) in [5.41, 5.74) is -3.04. The lowest BCUT2D eigenvalue weighted by molar-refractivity contribution is -0.148. The number of benzene rings is 1. The molecule has 0 bridgehead atoms. The molecule has 0 amide bonds. The molecule has 0 radical (unpaired) electrons. The van der Waals surface area contributed by atoms with Crippen molar-refractivity contribution in [2.75, 3.05) is 13.2 Å². The van der Waals surface area contributed by atoms with Crippen LogP contribution < -0.4 is 0 Å². The van der Waals surface area contributed by atoms with Crippen molar-refractivity contribution in [3.05, 3.63) is 35.9 Å². The van der Waals surface area contributed by atoms with Gasteiger partial charge in [0.2, 0.25) is 0 Å². The maximum Gasteiger partial charge on any atom is 0.399 e. The van der Waals surface area contributed by atoms with Gasteiger partial charge in [-0.25, -0.2) is 0 Å². The van der Waals surface area contributed by atoms with Gasteiger partial charge in [-0.3, -0.25) is 9.36 Å². The molecule has 8 heteroatoms. The molecule has 0 saturated heterocycles. The fraction of sp³-hybridized carbons (Fsp3) is 0.562. The topological polar surface area (TPSA) is 61.8 Å². The van der Waals surface area contributed by atoms with Crippen LogP contribution in [-0.2, 0) is 29.8 Å². The van der Waals surface area contributed by atoms with Crippen molar-refractivity contribution in [2.24, 2.45) is 5.92 Å². The summed E-state index contributed by atoms with van der Waals surface area (Å²) in [5.74, 6) is -2.35. The normalized spacial score (nSPS) is 13.5. The summed E-state index contributed by atoms with van der Waals surface area (Å²) in [5, 5.41) is 0. The highest BCUT2D eigenvalue weighted by atomic mass is 31.2. The van der Waals surface area contributed by atoms with E-state index in [2.05, 4.69) is 0 Å². The summed E-state index contributed by atoms with van der Waals surface area (Å²) in [7, 11) is -4.65. The van der Waals surface area contributed by atoms with Crippen molar-refractivity contribution >= 4 is 13.6 Å². The minimum absolute atomic E-state index is 0.00740. The van der Waals surface area contributed by atoms with E-state index in [4.69, 9.17) is 13.8 Å². The summed E-state index contributed by atoms with van der Waals surface area (Å²) in [6.07, 6.45) is -0.593. The molecular weight excluding hydrogens is 341 g/mol. The van der Waals surface area contributed by atoms with E-state index in [1.165, 1.54) is 13.8 Å². The van der Waals surface area contributed by atoms with Gasteiger partial charge in [-0.2, -0.15) is 8.78 Å². The predicted molar refractivity (Wildman–Crippen MR) is 85.8 cm³/mol. The zero-order chi connectivity index (χ0) is 18.2. The molecule has 0 aliphatic rings. The Morgan fingerprint density at radius 1 is 1.17 bits per heavy atom.